The highest BCUT2D eigenvalue weighted by Crippen LogP contribution is 2.27. The molecular weight excluding hydrogens is 317 g/mol. The number of aromatic nitrogens is 4. The number of imidazole rings is 1. The van der Waals surface area contributed by atoms with Gasteiger partial charge in [-0.3, -0.25) is 0 Å². The smallest absolute Gasteiger partial charge is 0.406 e. The minimum absolute atomic E-state index is 0.238. The summed E-state index contributed by atoms with van der Waals surface area (Å²) in [5, 5.41) is 0.710. The molecule has 0 atom stereocenters. The lowest BCUT2D eigenvalue weighted by Gasteiger charge is -2.09. The Balaban J connectivity index is 1.68. The van der Waals surface area contributed by atoms with Crippen LogP contribution in [-0.4, -0.2) is 26.3 Å². The number of nitrogens with zero attached hydrogens (tertiary/aromatic N) is 3. The minimum atomic E-state index is -4.68. The van der Waals surface area contributed by atoms with Gasteiger partial charge in [-0.15, -0.1) is 13.2 Å². The summed E-state index contributed by atoms with van der Waals surface area (Å²) >= 11 is 1.43. The van der Waals surface area contributed by atoms with E-state index in [1.165, 1.54) is 36.5 Å². The Morgan fingerprint density at radius 1 is 1.09 bits per heavy atom. The molecule has 3 rings (SSSR count). The fourth-order valence-corrected chi connectivity index (χ4v) is 2.69. The molecule has 0 aliphatic heterocycles. The number of H-pyrrole nitrogens is 1. The Morgan fingerprint density at radius 2 is 1.86 bits per heavy atom. The van der Waals surface area contributed by atoms with Gasteiger partial charge in [0.2, 0.25) is 0 Å². The number of aromatic amines is 1. The molecule has 0 fully saturated rings. The molecule has 0 saturated heterocycles. The molecule has 2 aromatic heterocycles. The maximum atomic E-state index is 12.1. The molecule has 114 valence electrons. The van der Waals surface area contributed by atoms with Crippen LogP contribution in [0.3, 0.4) is 0 Å². The third-order valence-corrected chi connectivity index (χ3v) is 3.77. The summed E-state index contributed by atoms with van der Waals surface area (Å²) in [5.41, 5.74) is 2.16. The van der Waals surface area contributed by atoms with Gasteiger partial charge in [0.15, 0.2) is 5.65 Å². The van der Waals surface area contributed by atoms with E-state index < -0.39 is 6.36 Å². The van der Waals surface area contributed by atoms with Crippen LogP contribution < -0.4 is 4.74 Å². The molecular formula is C13H9F3N4OS. The van der Waals surface area contributed by atoms with E-state index in [0.717, 1.165) is 5.56 Å². The van der Waals surface area contributed by atoms with Crippen LogP contribution in [0.15, 0.2) is 41.9 Å². The van der Waals surface area contributed by atoms with E-state index in [1.54, 1.807) is 12.1 Å². The summed E-state index contributed by atoms with van der Waals surface area (Å²) < 4.78 is 40.1. The first-order valence-electron chi connectivity index (χ1n) is 6.13. The van der Waals surface area contributed by atoms with Crippen molar-refractivity contribution in [3.63, 3.8) is 0 Å². The average Bonchev–Trinajstić information content (AvgIpc) is 2.94. The topological polar surface area (TPSA) is 63.7 Å². The molecule has 0 bridgehead atoms. The fraction of sp³-hybridized carbons (Fsp3) is 0.154. The number of fused-ring (bicyclic) bond motifs is 1. The maximum Gasteiger partial charge on any atom is 0.573 e. The summed E-state index contributed by atoms with van der Waals surface area (Å²) in [4.78, 5) is 15.2. The molecule has 5 nitrogen and oxygen atoms in total. The molecule has 0 spiro atoms. The number of benzene rings is 1. The van der Waals surface area contributed by atoms with Crippen molar-refractivity contribution in [3.05, 3.63) is 42.5 Å². The van der Waals surface area contributed by atoms with Gasteiger partial charge in [0.05, 0.1) is 6.33 Å². The summed E-state index contributed by atoms with van der Waals surface area (Å²) in [6, 6.07) is 5.73. The SMILES string of the molecule is FC(F)(F)Oc1ccc(CSc2ncnc3[nH]cnc23)cc1. The lowest BCUT2D eigenvalue weighted by Crippen LogP contribution is -2.16. The highest BCUT2D eigenvalue weighted by atomic mass is 32.2. The predicted molar refractivity (Wildman–Crippen MR) is 74.4 cm³/mol. The van der Waals surface area contributed by atoms with Gasteiger partial charge in [-0.2, -0.15) is 0 Å². The second-order valence-corrected chi connectivity index (χ2v) is 5.22. The number of hydrogen-bond donors (Lipinski definition) is 1. The predicted octanol–water partition coefficient (Wildman–Crippen LogP) is 3.54. The molecule has 0 saturated carbocycles. The maximum absolute atomic E-state index is 12.1. The highest BCUT2D eigenvalue weighted by Gasteiger charge is 2.30. The first kappa shape index (κ1) is 14.6. The number of ether oxygens (including phenoxy) is 1. The Bertz CT molecular complexity index is 773. The van der Waals surface area contributed by atoms with Crippen molar-refractivity contribution in [1.82, 2.24) is 19.9 Å². The van der Waals surface area contributed by atoms with Crippen LogP contribution in [-0.2, 0) is 5.75 Å². The standard InChI is InChI=1S/C13H9F3N4OS/c14-13(15,16)21-9-3-1-8(2-4-9)5-22-12-10-11(18-6-17-10)19-7-20-12/h1-4,6-7H,5H2,(H,17,18,19,20). The van der Waals surface area contributed by atoms with Gasteiger partial charge in [0, 0.05) is 5.75 Å². The quantitative estimate of drug-likeness (QED) is 0.587. The number of halogens is 3. The van der Waals surface area contributed by atoms with Crippen LogP contribution in [0.1, 0.15) is 5.56 Å². The van der Waals surface area contributed by atoms with Crippen LogP contribution in [0.2, 0.25) is 0 Å². The van der Waals surface area contributed by atoms with Crippen molar-refractivity contribution >= 4 is 22.9 Å². The van der Waals surface area contributed by atoms with E-state index in [4.69, 9.17) is 0 Å². The van der Waals surface area contributed by atoms with Crippen molar-refractivity contribution in [2.24, 2.45) is 0 Å². The van der Waals surface area contributed by atoms with Gasteiger partial charge in [-0.05, 0) is 17.7 Å². The van der Waals surface area contributed by atoms with Crippen molar-refractivity contribution in [2.75, 3.05) is 0 Å². The average molecular weight is 326 g/mol. The number of rotatable bonds is 4. The Kier molecular flexibility index (Phi) is 3.88. The first-order valence-corrected chi connectivity index (χ1v) is 7.11. The number of thioether (sulfide) groups is 1. The Morgan fingerprint density at radius 3 is 2.59 bits per heavy atom. The summed E-state index contributed by atoms with van der Waals surface area (Å²) in [7, 11) is 0. The van der Waals surface area contributed by atoms with E-state index in [0.29, 0.717) is 21.9 Å². The number of nitrogens with one attached hydrogen (secondary N) is 1. The molecule has 1 aromatic carbocycles. The zero-order chi connectivity index (χ0) is 15.6. The monoisotopic (exact) mass is 326 g/mol. The van der Waals surface area contributed by atoms with E-state index in [-0.39, 0.29) is 5.75 Å². The van der Waals surface area contributed by atoms with Crippen molar-refractivity contribution in [3.8, 4) is 5.75 Å². The van der Waals surface area contributed by atoms with E-state index >= 15 is 0 Å². The fourth-order valence-electron chi connectivity index (χ4n) is 1.79. The van der Waals surface area contributed by atoms with Crippen LogP contribution in [0.5, 0.6) is 5.75 Å². The molecule has 2 heterocycles. The lowest BCUT2D eigenvalue weighted by molar-refractivity contribution is -0.274. The second kappa shape index (κ2) is 5.84. The largest absolute Gasteiger partial charge is 0.573 e. The van der Waals surface area contributed by atoms with Gasteiger partial charge in [0.1, 0.15) is 22.6 Å². The lowest BCUT2D eigenvalue weighted by atomic mass is 10.2. The number of hydrogen-bond acceptors (Lipinski definition) is 5. The van der Waals surface area contributed by atoms with Gasteiger partial charge >= 0.3 is 6.36 Å². The van der Waals surface area contributed by atoms with E-state index in [2.05, 4.69) is 24.7 Å². The molecule has 22 heavy (non-hydrogen) atoms. The normalized spacial score (nSPS) is 11.8. The molecule has 0 aliphatic rings. The third-order valence-electron chi connectivity index (χ3n) is 2.72. The Hall–Kier alpha value is -2.29. The second-order valence-electron chi connectivity index (χ2n) is 4.26. The molecule has 0 unspecified atom stereocenters. The minimum Gasteiger partial charge on any atom is -0.406 e. The van der Waals surface area contributed by atoms with E-state index in [9.17, 15) is 13.2 Å². The molecule has 9 heteroatoms. The van der Waals surface area contributed by atoms with Crippen LogP contribution >= 0.6 is 11.8 Å². The zero-order valence-electron chi connectivity index (χ0n) is 11.0. The van der Waals surface area contributed by atoms with Gasteiger partial charge in [-0.1, -0.05) is 23.9 Å². The van der Waals surface area contributed by atoms with Crippen molar-refractivity contribution < 1.29 is 17.9 Å². The summed E-state index contributed by atoms with van der Waals surface area (Å²) in [5.74, 6) is 0.309. The highest BCUT2D eigenvalue weighted by molar-refractivity contribution is 7.98. The summed E-state index contributed by atoms with van der Waals surface area (Å²) in [6.07, 6.45) is -1.71. The zero-order valence-corrected chi connectivity index (χ0v) is 11.8. The van der Waals surface area contributed by atoms with E-state index in [1.807, 2.05) is 0 Å². The molecule has 3 aromatic rings. The van der Waals surface area contributed by atoms with Gasteiger partial charge < -0.3 is 9.72 Å². The molecule has 0 radical (unpaired) electrons. The van der Waals surface area contributed by atoms with Crippen LogP contribution in [0.25, 0.3) is 11.2 Å². The van der Waals surface area contributed by atoms with Crippen molar-refractivity contribution in [2.45, 2.75) is 17.1 Å². The van der Waals surface area contributed by atoms with Crippen LogP contribution in [0, 0.1) is 0 Å². The molecule has 0 aliphatic carbocycles. The van der Waals surface area contributed by atoms with Gasteiger partial charge in [-0.25, -0.2) is 15.0 Å². The van der Waals surface area contributed by atoms with Crippen LogP contribution in [0.4, 0.5) is 13.2 Å². The first-order chi connectivity index (χ1) is 10.5. The van der Waals surface area contributed by atoms with Gasteiger partial charge in [0.25, 0.3) is 0 Å². The molecule has 1 N–H and O–H groups in total. The van der Waals surface area contributed by atoms with Crippen molar-refractivity contribution in [1.29, 1.82) is 0 Å². The molecule has 0 amide bonds. The Labute approximate surface area is 127 Å². The third kappa shape index (κ3) is 3.48. The summed E-state index contributed by atoms with van der Waals surface area (Å²) in [6.45, 7) is 0. The number of alkyl halides is 3.